The number of amides is 1. The summed E-state index contributed by atoms with van der Waals surface area (Å²) in [4.78, 5) is 26.5. The van der Waals surface area contributed by atoms with Crippen LogP contribution in [0.2, 0.25) is 0 Å². The highest BCUT2D eigenvalue weighted by Gasteiger charge is 2.44. The highest BCUT2D eigenvalue weighted by Crippen LogP contribution is 2.24. The predicted molar refractivity (Wildman–Crippen MR) is 126 cm³/mol. The van der Waals surface area contributed by atoms with Gasteiger partial charge < -0.3 is 10.1 Å². The van der Waals surface area contributed by atoms with Gasteiger partial charge in [0.15, 0.2) is 9.84 Å². The van der Waals surface area contributed by atoms with Gasteiger partial charge in [-0.25, -0.2) is 25.9 Å². The highest BCUT2D eigenvalue weighted by molar-refractivity contribution is 7.91. The summed E-state index contributed by atoms with van der Waals surface area (Å²) in [7, 11) is -8.10. The van der Waals surface area contributed by atoms with Gasteiger partial charge in [-0.15, -0.1) is 0 Å². The largest absolute Gasteiger partial charge is 0.464 e. The first-order chi connectivity index (χ1) is 16.0. The quantitative estimate of drug-likeness (QED) is 0.525. The summed E-state index contributed by atoms with van der Waals surface area (Å²) in [6.45, 7) is 3.34. The molecule has 0 radical (unpaired) electrons. The molecular formula is C23H28N2O7S2. The third kappa shape index (κ3) is 6.02. The smallest absolute Gasteiger partial charge is 0.330 e. The first kappa shape index (κ1) is 25.9. The molecule has 0 aromatic heterocycles. The number of esters is 1. The Morgan fingerprint density at radius 1 is 1.12 bits per heavy atom. The maximum atomic E-state index is 13.7. The lowest BCUT2D eigenvalue weighted by molar-refractivity contribution is -0.151. The number of nitrogens with zero attached hydrogens (tertiary/aromatic N) is 1. The number of hydrogen-bond donors (Lipinski definition) is 1. The van der Waals surface area contributed by atoms with E-state index in [-0.39, 0.29) is 30.2 Å². The second kappa shape index (κ2) is 10.7. The van der Waals surface area contributed by atoms with E-state index in [0.29, 0.717) is 9.87 Å². The molecule has 1 heterocycles. The average Bonchev–Trinajstić information content (AvgIpc) is 2.79. The van der Waals surface area contributed by atoms with Crippen LogP contribution in [0.25, 0.3) is 0 Å². The Labute approximate surface area is 200 Å². The highest BCUT2D eigenvalue weighted by atomic mass is 32.2. The monoisotopic (exact) mass is 508 g/mol. The molecule has 1 N–H and O–H groups in total. The number of ether oxygens (including phenoxy) is 1. The molecule has 1 saturated heterocycles. The molecule has 2 atom stereocenters. The van der Waals surface area contributed by atoms with Crippen LogP contribution in [0.3, 0.4) is 0 Å². The van der Waals surface area contributed by atoms with E-state index in [2.05, 4.69) is 5.32 Å². The first-order valence-electron chi connectivity index (χ1n) is 10.8. The lowest BCUT2D eigenvalue weighted by Gasteiger charge is -2.33. The van der Waals surface area contributed by atoms with Crippen molar-refractivity contribution in [1.82, 2.24) is 9.62 Å². The number of carbonyl (C=O) groups is 2. The molecule has 184 valence electrons. The van der Waals surface area contributed by atoms with Crippen LogP contribution in [0, 0.1) is 6.92 Å². The van der Waals surface area contributed by atoms with Crippen molar-refractivity contribution in [2.24, 2.45) is 0 Å². The van der Waals surface area contributed by atoms with E-state index >= 15 is 0 Å². The summed E-state index contributed by atoms with van der Waals surface area (Å²) in [5, 5.41) is 2.79. The minimum absolute atomic E-state index is 0.0000817. The zero-order valence-electron chi connectivity index (χ0n) is 19.0. The van der Waals surface area contributed by atoms with E-state index in [9.17, 15) is 26.4 Å². The van der Waals surface area contributed by atoms with E-state index in [1.807, 2.05) is 0 Å². The van der Waals surface area contributed by atoms with Crippen molar-refractivity contribution in [2.75, 3.05) is 24.7 Å². The molecule has 11 heteroatoms. The molecule has 34 heavy (non-hydrogen) atoms. The summed E-state index contributed by atoms with van der Waals surface area (Å²) in [6.07, 6.45) is -0.129. The van der Waals surface area contributed by atoms with E-state index in [1.165, 1.54) is 12.1 Å². The van der Waals surface area contributed by atoms with Crippen LogP contribution >= 0.6 is 0 Å². The van der Waals surface area contributed by atoms with E-state index in [4.69, 9.17) is 4.74 Å². The fourth-order valence-electron chi connectivity index (χ4n) is 3.70. The number of rotatable bonds is 8. The van der Waals surface area contributed by atoms with Crippen LogP contribution in [-0.4, -0.2) is 69.8 Å². The Bertz CT molecular complexity index is 1230. The van der Waals surface area contributed by atoms with Crippen LogP contribution < -0.4 is 5.32 Å². The molecule has 0 aliphatic carbocycles. The van der Waals surface area contributed by atoms with Crippen molar-refractivity contribution < 1.29 is 31.2 Å². The molecule has 1 aliphatic heterocycles. The lowest BCUT2D eigenvalue weighted by atomic mass is 10.1. The van der Waals surface area contributed by atoms with Crippen LogP contribution in [0.4, 0.5) is 0 Å². The van der Waals surface area contributed by atoms with Gasteiger partial charge in [-0.2, -0.15) is 0 Å². The lowest BCUT2D eigenvalue weighted by Crippen LogP contribution is -2.59. The Kier molecular flexibility index (Phi) is 8.11. The van der Waals surface area contributed by atoms with Crippen LogP contribution in [0.15, 0.2) is 59.5 Å². The number of aryl methyl sites for hydroxylation is 1. The zero-order valence-corrected chi connectivity index (χ0v) is 20.6. The van der Waals surface area contributed by atoms with Gasteiger partial charge in [-0.1, -0.05) is 48.0 Å². The Hall–Kier alpha value is -2.76. The number of nitrogens with one attached hydrogen (secondary N) is 1. The van der Waals surface area contributed by atoms with Crippen molar-refractivity contribution >= 4 is 31.7 Å². The maximum absolute atomic E-state index is 13.7. The SMILES string of the molecule is CCOC(=O)[C@H](Cc1ccccc1)N(C(=O)C1CS(=O)(=O)CCN1)S(=O)(=O)c1ccc(C)cc1. The molecule has 1 aliphatic rings. The Morgan fingerprint density at radius 3 is 2.35 bits per heavy atom. The summed E-state index contributed by atoms with van der Waals surface area (Å²) in [6, 6.07) is 11.7. The van der Waals surface area contributed by atoms with Crippen molar-refractivity contribution in [3.05, 3.63) is 65.7 Å². The van der Waals surface area contributed by atoms with Crippen LogP contribution in [-0.2, 0) is 40.6 Å². The van der Waals surface area contributed by atoms with Crippen molar-refractivity contribution in [2.45, 2.75) is 37.2 Å². The summed E-state index contributed by atoms with van der Waals surface area (Å²) >= 11 is 0. The molecule has 3 rings (SSSR count). The molecular weight excluding hydrogens is 480 g/mol. The zero-order chi connectivity index (χ0) is 24.9. The molecule has 1 amide bonds. The van der Waals surface area contributed by atoms with Gasteiger partial charge in [0.25, 0.3) is 15.9 Å². The maximum Gasteiger partial charge on any atom is 0.330 e. The molecule has 9 nitrogen and oxygen atoms in total. The predicted octanol–water partition coefficient (Wildman–Crippen LogP) is 1.07. The summed E-state index contributed by atoms with van der Waals surface area (Å²) < 4.78 is 57.5. The van der Waals surface area contributed by atoms with Gasteiger partial charge >= 0.3 is 5.97 Å². The van der Waals surface area contributed by atoms with Crippen LogP contribution in [0.5, 0.6) is 0 Å². The molecule has 0 saturated carbocycles. The number of sulfone groups is 1. The first-order valence-corrected chi connectivity index (χ1v) is 14.1. The minimum Gasteiger partial charge on any atom is -0.464 e. The van der Waals surface area contributed by atoms with E-state index < -0.39 is 49.6 Å². The third-order valence-corrected chi connectivity index (χ3v) is 8.92. The minimum atomic E-state index is -4.54. The normalized spacial score (nSPS) is 18.6. The number of benzene rings is 2. The molecule has 1 unspecified atom stereocenters. The van der Waals surface area contributed by atoms with Gasteiger partial charge in [-0.3, -0.25) is 4.79 Å². The molecule has 1 fully saturated rings. The fraction of sp³-hybridized carbons (Fsp3) is 0.391. The van der Waals surface area contributed by atoms with Gasteiger partial charge in [0.1, 0.15) is 12.1 Å². The van der Waals surface area contributed by atoms with Gasteiger partial charge in [-0.05, 0) is 31.5 Å². The van der Waals surface area contributed by atoms with Crippen molar-refractivity contribution in [3.8, 4) is 0 Å². The van der Waals surface area contributed by atoms with Crippen molar-refractivity contribution in [3.63, 3.8) is 0 Å². The number of sulfonamides is 1. The summed E-state index contributed by atoms with van der Waals surface area (Å²) in [5.74, 6) is -2.63. The number of hydrogen-bond acceptors (Lipinski definition) is 8. The van der Waals surface area contributed by atoms with E-state index in [1.54, 1.807) is 56.3 Å². The van der Waals surface area contributed by atoms with Gasteiger partial charge in [0.05, 0.1) is 23.0 Å². The topological polar surface area (TPSA) is 127 Å². The van der Waals surface area contributed by atoms with Crippen molar-refractivity contribution in [1.29, 1.82) is 0 Å². The van der Waals surface area contributed by atoms with Gasteiger partial charge in [0, 0.05) is 13.0 Å². The molecule has 0 spiro atoms. The molecule has 0 bridgehead atoms. The standard InChI is InChI=1S/C23H28N2O7S2/c1-3-32-23(27)21(15-18-7-5-4-6-8-18)25(22(26)20-16-33(28,29)14-13-24-20)34(30,31)19-11-9-17(2)10-12-19/h4-12,20-21,24H,3,13-16H2,1-2H3/t20?,21-/m0/s1. The summed E-state index contributed by atoms with van der Waals surface area (Å²) in [5.41, 5.74) is 1.42. The fourth-order valence-corrected chi connectivity index (χ4v) is 6.63. The molecule has 2 aromatic rings. The molecule has 2 aromatic carbocycles. The second-order valence-corrected chi connectivity index (χ2v) is 12.1. The third-order valence-electron chi connectivity index (χ3n) is 5.43. The second-order valence-electron chi connectivity index (χ2n) is 8.03. The Morgan fingerprint density at radius 2 is 1.76 bits per heavy atom. The average molecular weight is 509 g/mol. The van der Waals surface area contributed by atoms with E-state index in [0.717, 1.165) is 5.56 Å². The number of carbonyl (C=O) groups excluding carboxylic acids is 2. The van der Waals surface area contributed by atoms with Crippen LogP contribution in [0.1, 0.15) is 18.1 Å². The van der Waals surface area contributed by atoms with Gasteiger partial charge in [0.2, 0.25) is 0 Å². The Balaban J connectivity index is 2.13.